The molecule has 1 heterocycles. The largest absolute Gasteiger partial charge is 0.494 e. The number of rotatable bonds is 3. The summed E-state index contributed by atoms with van der Waals surface area (Å²) in [6, 6.07) is 18.2. The lowest BCUT2D eigenvalue weighted by molar-refractivity contribution is -0.0693. The maximum absolute atomic E-state index is 6.19. The van der Waals surface area contributed by atoms with Gasteiger partial charge in [0, 0.05) is 0 Å². The van der Waals surface area contributed by atoms with Crippen LogP contribution in [0.4, 0.5) is 0 Å². The van der Waals surface area contributed by atoms with Gasteiger partial charge in [0.2, 0.25) is 0 Å². The average Bonchev–Trinajstić information content (AvgIpc) is 2.75. The summed E-state index contributed by atoms with van der Waals surface area (Å²) in [5, 5.41) is 0. The molecule has 2 aromatic rings. The molecule has 0 unspecified atom stereocenters. The van der Waals surface area contributed by atoms with Gasteiger partial charge >= 0.3 is 7.12 Å². The van der Waals surface area contributed by atoms with E-state index in [1.807, 2.05) is 0 Å². The zero-order valence-electron chi connectivity index (χ0n) is 17.1. The Kier molecular flexibility index (Phi) is 3.42. The van der Waals surface area contributed by atoms with Crippen molar-refractivity contribution < 1.29 is 9.31 Å². The third-order valence-corrected chi connectivity index (χ3v) is 7.74. The van der Waals surface area contributed by atoms with Gasteiger partial charge < -0.3 is 9.31 Å². The molecule has 4 fully saturated rings. The maximum Gasteiger partial charge on any atom is 0.494 e. The molecule has 2 bridgehead atoms. The third kappa shape index (κ3) is 2.41. The van der Waals surface area contributed by atoms with Crippen molar-refractivity contribution in [3.05, 3.63) is 65.2 Å². The van der Waals surface area contributed by atoms with Gasteiger partial charge in [0.25, 0.3) is 0 Å². The van der Waals surface area contributed by atoms with Crippen LogP contribution in [-0.2, 0) is 20.1 Å². The predicted molar refractivity (Wildman–Crippen MR) is 111 cm³/mol. The molecule has 3 aliphatic carbocycles. The zero-order valence-corrected chi connectivity index (χ0v) is 17.1. The number of aryl methyl sites for hydroxylation is 1. The quantitative estimate of drug-likeness (QED) is 0.741. The molecule has 3 heteroatoms. The van der Waals surface area contributed by atoms with E-state index >= 15 is 0 Å². The molecule has 6 rings (SSSR count). The number of benzene rings is 2. The zero-order chi connectivity index (χ0) is 19.1. The summed E-state index contributed by atoms with van der Waals surface area (Å²) < 4.78 is 12.4. The van der Waals surface area contributed by atoms with E-state index in [9.17, 15) is 0 Å². The molecule has 27 heavy (non-hydrogen) atoms. The van der Waals surface area contributed by atoms with E-state index in [0.717, 1.165) is 5.46 Å². The van der Waals surface area contributed by atoms with Crippen LogP contribution < -0.4 is 5.46 Å². The molecule has 0 aromatic heterocycles. The van der Waals surface area contributed by atoms with Crippen molar-refractivity contribution in [2.45, 2.75) is 75.9 Å². The number of hydrogen-bond donors (Lipinski definition) is 0. The molecule has 3 saturated carbocycles. The molecule has 0 amide bonds. The summed E-state index contributed by atoms with van der Waals surface area (Å²) in [6.07, 6.45) is 3.87. The van der Waals surface area contributed by atoms with Crippen molar-refractivity contribution >= 4 is 12.6 Å². The van der Waals surface area contributed by atoms with Crippen molar-refractivity contribution in [2.75, 3.05) is 0 Å². The second kappa shape index (κ2) is 5.27. The van der Waals surface area contributed by atoms with Gasteiger partial charge in [-0.1, -0.05) is 54.1 Å². The first-order valence-corrected chi connectivity index (χ1v) is 10.2. The van der Waals surface area contributed by atoms with E-state index in [1.165, 1.54) is 36.0 Å². The first-order valence-electron chi connectivity index (χ1n) is 10.2. The molecule has 2 aromatic carbocycles. The minimum Gasteiger partial charge on any atom is -0.399 e. The van der Waals surface area contributed by atoms with Gasteiger partial charge in [-0.2, -0.15) is 0 Å². The summed E-state index contributed by atoms with van der Waals surface area (Å²) in [7, 11) is -0.268. The Hall–Kier alpha value is -1.58. The molecule has 1 saturated heterocycles. The van der Waals surface area contributed by atoms with Crippen molar-refractivity contribution in [3.8, 4) is 0 Å². The van der Waals surface area contributed by atoms with Crippen molar-refractivity contribution in [1.82, 2.24) is 0 Å². The highest BCUT2D eigenvalue weighted by Crippen LogP contribution is 2.73. The monoisotopic (exact) mass is 360 g/mol. The molecule has 0 spiro atoms. The first-order chi connectivity index (χ1) is 12.6. The Morgan fingerprint density at radius 3 is 1.52 bits per heavy atom. The van der Waals surface area contributed by atoms with Crippen molar-refractivity contribution in [1.29, 1.82) is 0 Å². The SMILES string of the molecule is Cc1ccc(C23CC(c4ccc(B5OC(C)(C)C(C)(C)O5)cc4)(C2)C3)cc1. The van der Waals surface area contributed by atoms with E-state index in [1.54, 1.807) is 0 Å². The molecule has 140 valence electrons. The maximum atomic E-state index is 6.19. The second-order valence-corrected chi connectivity index (χ2v) is 10.2. The Balaban J connectivity index is 1.30. The van der Waals surface area contributed by atoms with Crippen LogP contribution in [0.1, 0.15) is 63.6 Å². The van der Waals surface area contributed by atoms with Gasteiger partial charge in [-0.3, -0.25) is 0 Å². The van der Waals surface area contributed by atoms with Gasteiger partial charge in [-0.25, -0.2) is 0 Å². The average molecular weight is 360 g/mol. The summed E-state index contributed by atoms with van der Waals surface area (Å²) in [5.74, 6) is 0. The smallest absolute Gasteiger partial charge is 0.399 e. The van der Waals surface area contributed by atoms with Gasteiger partial charge in [0.1, 0.15) is 0 Å². The molecule has 0 atom stereocenters. The molecule has 0 radical (unpaired) electrons. The standard InChI is InChI=1S/C24H29BO2/c1-17-6-8-18(9-7-17)23-14-24(15-23,16-23)19-10-12-20(13-11-19)25-26-21(2,3)22(4,5)27-25/h6-13H,14-16H2,1-5H3. The van der Waals surface area contributed by atoms with Gasteiger partial charge in [-0.05, 0) is 81.3 Å². The van der Waals surface area contributed by atoms with Gasteiger partial charge in [0.15, 0.2) is 0 Å². The van der Waals surface area contributed by atoms with Crippen LogP contribution in [0.5, 0.6) is 0 Å². The van der Waals surface area contributed by atoms with Crippen LogP contribution in [0.3, 0.4) is 0 Å². The van der Waals surface area contributed by atoms with E-state index < -0.39 is 0 Å². The van der Waals surface area contributed by atoms with Crippen LogP contribution in [0.25, 0.3) is 0 Å². The van der Waals surface area contributed by atoms with Crippen LogP contribution in [0.2, 0.25) is 0 Å². The highest BCUT2D eigenvalue weighted by atomic mass is 16.7. The lowest BCUT2D eigenvalue weighted by Gasteiger charge is -2.71. The van der Waals surface area contributed by atoms with E-state index in [2.05, 4.69) is 83.1 Å². The van der Waals surface area contributed by atoms with Crippen molar-refractivity contribution in [3.63, 3.8) is 0 Å². The van der Waals surface area contributed by atoms with E-state index in [0.29, 0.717) is 10.8 Å². The van der Waals surface area contributed by atoms with E-state index in [4.69, 9.17) is 9.31 Å². The Morgan fingerprint density at radius 2 is 1.07 bits per heavy atom. The highest BCUT2D eigenvalue weighted by molar-refractivity contribution is 6.62. The molecule has 4 aliphatic rings. The Bertz CT molecular complexity index is 844. The fourth-order valence-corrected chi connectivity index (χ4v) is 5.28. The predicted octanol–water partition coefficient (Wildman–Crippen LogP) is 4.67. The summed E-state index contributed by atoms with van der Waals surface area (Å²) in [5.41, 5.74) is 5.75. The van der Waals surface area contributed by atoms with Crippen LogP contribution in [0, 0.1) is 6.92 Å². The van der Waals surface area contributed by atoms with Crippen LogP contribution in [-0.4, -0.2) is 18.3 Å². The normalized spacial score (nSPS) is 32.7. The van der Waals surface area contributed by atoms with Crippen LogP contribution in [0.15, 0.2) is 48.5 Å². The Morgan fingerprint density at radius 1 is 0.667 bits per heavy atom. The third-order valence-electron chi connectivity index (χ3n) is 7.74. The Labute approximate surface area is 163 Å². The second-order valence-electron chi connectivity index (χ2n) is 10.2. The lowest BCUT2D eigenvalue weighted by Crippen LogP contribution is -2.67. The minimum atomic E-state index is -0.287. The summed E-state index contributed by atoms with van der Waals surface area (Å²) in [6.45, 7) is 10.6. The van der Waals surface area contributed by atoms with Crippen molar-refractivity contribution in [2.24, 2.45) is 0 Å². The lowest BCUT2D eigenvalue weighted by atomic mass is 9.32. The highest BCUT2D eigenvalue weighted by Gasteiger charge is 2.68. The summed E-state index contributed by atoms with van der Waals surface area (Å²) >= 11 is 0. The van der Waals surface area contributed by atoms with Gasteiger partial charge in [0.05, 0.1) is 11.2 Å². The van der Waals surface area contributed by atoms with Gasteiger partial charge in [-0.15, -0.1) is 0 Å². The topological polar surface area (TPSA) is 18.5 Å². The summed E-state index contributed by atoms with van der Waals surface area (Å²) in [4.78, 5) is 0. The molecule has 0 N–H and O–H groups in total. The molecule has 2 nitrogen and oxygen atoms in total. The fraction of sp³-hybridized carbons (Fsp3) is 0.500. The molecular formula is C24H29BO2. The van der Waals surface area contributed by atoms with E-state index in [-0.39, 0.29) is 18.3 Å². The molecule has 1 aliphatic heterocycles. The molecular weight excluding hydrogens is 331 g/mol. The first kappa shape index (κ1) is 17.5. The number of hydrogen-bond acceptors (Lipinski definition) is 2. The fourth-order valence-electron chi connectivity index (χ4n) is 5.28. The van der Waals surface area contributed by atoms with Crippen LogP contribution >= 0.6 is 0 Å². The minimum absolute atomic E-state index is 0.268.